The maximum absolute atomic E-state index is 10.6. The Hall–Kier alpha value is -2.07. The van der Waals surface area contributed by atoms with E-state index < -0.39 is 5.97 Å². The van der Waals surface area contributed by atoms with Crippen molar-refractivity contribution in [2.75, 3.05) is 0 Å². The van der Waals surface area contributed by atoms with Crippen LogP contribution in [-0.2, 0) is 4.79 Å². The summed E-state index contributed by atoms with van der Waals surface area (Å²) >= 11 is 3.37. The summed E-state index contributed by atoms with van der Waals surface area (Å²) in [6, 6.07) is 14.7. The molecule has 0 unspecified atom stereocenters. The molecule has 0 amide bonds. The minimum atomic E-state index is -0.989. The first kappa shape index (κ1) is 13.4. The van der Waals surface area contributed by atoms with Crippen molar-refractivity contribution in [2.24, 2.45) is 0 Å². The van der Waals surface area contributed by atoms with Gasteiger partial charge in [-0.15, -0.1) is 0 Å². The Morgan fingerprint density at radius 2 is 1.95 bits per heavy atom. The van der Waals surface area contributed by atoms with Crippen molar-refractivity contribution in [2.45, 2.75) is 0 Å². The predicted molar refractivity (Wildman–Crippen MR) is 77.3 cm³/mol. The molecule has 4 heteroatoms. The summed E-state index contributed by atoms with van der Waals surface area (Å²) < 4.78 is 6.67. The number of carboxylic acid groups (broad SMARTS) is 1. The molecule has 19 heavy (non-hydrogen) atoms. The van der Waals surface area contributed by atoms with E-state index in [4.69, 9.17) is 9.84 Å². The Morgan fingerprint density at radius 1 is 1.16 bits per heavy atom. The van der Waals surface area contributed by atoms with Crippen molar-refractivity contribution in [1.82, 2.24) is 0 Å². The molecule has 2 rings (SSSR count). The van der Waals surface area contributed by atoms with Gasteiger partial charge in [-0.25, -0.2) is 4.79 Å². The summed E-state index contributed by atoms with van der Waals surface area (Å²) in [4.78, 5) is 10.6. The SMILES string of the molecule is O=C(O)/C=C/c1ccccc1Oc1cccc(Br)c1. The van der Waals surface area contributed by atoms with E-state index in [1.54, 1.807) is 12.1 Å². The third-order valence-corrected chi connectivity index (χ3v) is 2.84. The quantitative estimate of drug-likeness (QED) is 0.853. The van der Waals surface area contributed by atoms with Crippen LogP contribution in [0, 0.1) is 0 Å². The van der Waals surface area contributed by atoms with Crippen LogP contribution in [0.1, 0.15) is 5.56 Å². The van der Waals surface area contributed by atoms with Crippen LogP contribution >= 0.6 is 15.9 Å². The average Bonchev–Trinajstić information content (AvgIpc) is 2.38. The molecule has 0 saturated heterocycles. The zero-order chi connectivity index (χ0) is 13.7. The second kappa shape index (κ2) is 6.20. The Kier molecular flexibility index (Phi) is 4.36. The average molecular weight is 319 g/mol. The minimum Gasteiger partial charge on any atom is -0.478 e. The van der Waals surface area contributed by atoms with Gasteiger partial charge in [0.1, 0.15) is 11.5 Å². The third kappa shape index (κ3) is 3.96. The topological polar surface area (TPSA) is 46.5 Å². The lowest BCUT2D eigenvalue weighted by Crippen LogP contribution is -1.89. The standard InChI is InChI=1S/C15H11BrO3/c16-12-5-3-6-13(10-12)19-14-7-2-1-4-11(14)8-9-15(17)18/h1-10H,(H,17,18)/b9-8+. The van der Waals surface area contributed by atoms with Gasteiger partial charge in [0, 0.05) is 16.1 Å². The van der Waals surface area contributed by atoms with Gasteiger partial charge in [-0.1, -0.05) is 40.2 Å². The third-order valence-electron chi connectivity index (χ3n) is 2.35. The normalized spacial score (nSPS) is 10.6. The van der Waals surface area contributed by atoms with E-state index in [0.29, 0.717) is 17.1 Å². The first-order chi connectivity index (χ1) is 9.15. The molecule has 0 bridgehead atoms. The highest BCUT2D eigenvalue weighted by molar-refractivity contribution is 9.10. The van der Waals surface area contributed by atoms with Crippen LogP contribution in [-0.4, -0.2) is 11.1 Å². The maximum atomic E-state index is 10.6. The highest BCUT2D eigenvalue weighted by Crippen LogP contribution is 2.27. The molecule has 0 aromatic heterocycles. The first-order valence-corrected chi connectivity index (χ1v) is 6.38. The Labute approximate surface area is 119 Å². The number of carbonyl (C=O) groups is 1. The number of halogens is 1. The molecule has 0 fully saturated rings. The van der Waals surface area contributed by atoms with E-state index in [1.165, 1.54) is 6.08 Å². The molecule has 0 saturated carbocycles. The number of hydrogen-bond acceptors (Lipinski definition) is 2. The van der Waals surface area contributed by atoms with Crippen LogP contribution in [0.15, 0.2) is 59.1 Å². The summed E-state index contributed by atoms with van der Waals surface area (Å²) in [7, 11) is 0. The van der Waals surface area contributed by atoms with Crippen LogP contribution in [0.2, 0.25) is 0 Å². The summed E-state index contributed by atoms with van der Waals surface area (Å²) in [6.45, 7) is 0. The zero-order valence-electron chi connectivity index (χ0n) is 9.92. The molecule has 0 spiro atoms. The van der Waals surface area contributed by atoms with E-state index >= 15 is 0 Å². The molecule has 0 aliphatic heterocycles. The van der Waals surface area contributed by atoms with Gasteiger partial charge in [-0.2, -0.15) is 0 Å². The number of para-hydroxylation sites is 1. The van der Waals surface area contributed by atoms with Gasteiger partial charge in [-0.05, 0) is 30.3 Å². The molecule has 0 radical (unpaired) electrons. The zero-order valence-corrected chi connectivity index (χ0v) is 11.5. The maximum Gasteiger partial charge on any atom is 0.328 e. The molecule has 0 heterocycles. The first-order valence-electron chi connectivity index (χ1n) is 5.58. The molecule has 0 aliphatic rings. The fourth-order valence-corrected chi connectivity index (χ4v) is 1.91. The fourth-order valence-electron chi connectivity index (χ4n) is 1.53. The van der Waals surface area contributed by atoms with Crippen LogP contribution in [0.5, 0.6) is 11.5 Å². The Balaban J connectivity index is 2.27. The number of carboxylic acids is 1. The fraction of sp³-hybridized carbons (Fsp3) is 0. The summed E-state index contributed by atoms with van der Waals surface area (Å²) in [5.74, 6) is 0.306. The lowest BCUT2D eigenvalue weighted by molar-refractivity contribution is -0.131. The van der Waals surface area contributed by atoms with Gasteiger partial charge in [0.15, 0.2) is 0 Å². The number of ether oxygens (including phenoxy) is 1. The van der Waals surface area contributed by atoms with Crippen molar-refractivity contribution in [3.05, 3.63) is 64.6 Å². The molecule has 96 valence electrons. The van der Waals surface area contributed by atoms with Crippen molar-refractivity contribution in [3.63, 3.8) is 0 Å². The highest BCUT2D eigenvalue weighted by atomic mass is 79.9. The molecule has 0 aliphatic carbocycles. The van der Waals surface area contributed by atoms with Crippen LogP contribution in [0.3, 0.4) is 0 Å². The van der Waals surface area contributed by atoms with Crippen molar-refractivity contribution in [3.8, 4) is 11.5 Å². The van der Waals surface area contributed by atoms with E-state index in [-0.39, 0.29) is 0 Å². The number of rotatable bonds is 4. The van der Waals surface area contributed by atoms with Gasteiger partial charge in [0.05, 0.1) is 0 Å². The van der Waals surface area contributed by atoms with Crippen molar-refractivity contribution < 1.29 is 14.6 Å². The van der Waals surface area contributed by atoms with Gasteiger partial charge >= 0.3 is 5.97 Å². The van der Waals surface area contributed by atoms with Gasteiger partial charge in [0.25, 0.3) is 0 Å². The lowest BCUT2D eigenvalue weighted by Gasteiger charge is -2.08. The molecular formula is C15H11BrO3. The second-order valence-electron chi connectivity index (χ2n) is 3.77. The smallest absolute Gasteiger partial charge is 0.328 e. The second-order valence-corrected chi connectivity index (χ2v) is 4.68. The molecule has 3 nitrogen and oxygen atoms in total. The number of benzene rings is 2. The Morgan fingerprint density at radius 3 is 2.68 bits per heavy atom. The molecular weight excluding hydrogens is 308 g/mol. The van der Waals surface area contributed by atoms with Crippen LogP contribution < -0.4 is 4.74 Å². The molecule has 2 aromatic rings. The Bertz CT molecular complexity index is 620. The van der Waals surface area contributed by atoms with Gasteiger partial charge in [-0.3, -0.25) is 0 Å². The summed E-state index contributed by atoms with van der Waals surface area (Å²) in [5, 5.41) is 8.66. The van der Waals surface area contributed by atoms with Crippen molar-refractivity contribution >= 4 is 28.0 Å². The van der Waals surface area contributed by atoms with Crippen LogP contribution in [0.25, 0.3) is 6.08 Å². The largest absolute Gasteiger partial charge is 0.478 e. The summed E-state index contributed by atoms with van der Waals surface area (Å²) in [6.07, 6.45) is 2.60. The van der Waals surface area contributed by atoms with Gasteiger partial charge < -0.3 is 9.84 Å². The van der Waals surface area contributed by atoms with E-state index in [0.717, 1.165) is 10.5 Å². The number of hydrogen-bond donors (Lipinski definition) is 1. The van der Waals surface area contributed by atoms with Crippen LogP contribution in [0.4, 0.5) is 0 Å². The predicted octanol–water partition coefficient (Wildman–Crippen LogP) is 4.34. The van der Waals surface area contributed by atoms with E-state index in [2.05, 4.69) is 15.9 Å². The van der Waals surface area contributed by atoms with Crippen molar-refractivity contribution in [1.29, 1.82) is 0 Å². The highest BCUT2D eigenvalue weighted by Gasteiger charge is 2.02. The molecule has 1 N–H and O–H groups in total. The lowest BCUT2D eigenvalue weighted by atomic mass is 10.2. The molecule has 0 atom stereocenters. The van der Waals surface area contributed by atoms with E-state index in [9.17, 15) is 4.79 Å². The minimum absolute atomic E-state index is 0.609. The monoisotopic (exact) mass is 318 g/mol. The summed E-state index contributed by atoms with van der Waals surface area (Å²) in [5.41, 5.74) is 0.713. The molecule has 2 aromatic carbocycles. The van der Waals surface area contributed by atoms with E-state index in [1.807, 2.05) is 36.4 Å². The van der Waals surface area contributed by atoms with Gasteiger partial charge in [0.2, 0.25) is 0 Å². The number of aliphatic carboxylic acids is 1.